The first kappa shape index (κ1) is 16.1. The highest BCUT2D eigenvalue weighted by Gasteiger charge is 2.18. The largest absolute Gasteiger partial charge is 0.478 e. The molecule has 0 spiro atoms. The maximum absolute atomic E-state index is 10.3. The summed E-state index contributed by atoms with van der Waals surface area (Å²) in [5, 5.41) is 33.2. The van der Waals surface area contributed by atoms with Crippen LogP contribution in [0.4, 0.5) is 0 Å². The summed E-state index contributed by atoms with van der Waals surface area (Å²) in [6, 6.07) is 1.09. The molecule has 0 aliphatic carbocycles. The molecule has 0 aromatic carbocycles. The van der Waals surface area contributed by atoms with Crippen LogP contribution in [-0.4, -0.2) is 38.7 Å². The van der Waals surface area contributed by atoms with Crippen molar-refractivity contribution in [3.05, 3.63) is 23.7 Å². The van der Waals surface area contributed by atoms with Gasteiger partial charge in [-0.15, -0.1) is 0 Å². The molecule has 1 heterocycles. The Morgan fingerprint density at radius 2 is 1.89 bits per heavy atom. The van der Waals surface area contributed by atoms with Crippen molar-refractivity contribution in [3.63, 3.8) is 0 Å². The number of carbonyl (C=O) groups is 2. The first-order chi connectivity index (χ1) is 8.40. The minimum Gasteiger partial charge on any atom is -0.478 e. The normalized spacial score (nSPS) is 9.78. The van der Waals surface area contributed by atoms with E-state index in [1.54, 1.807) is 0 Å². The van der Waals surface area contributed by atoms with Crippen LogP contribution in [0.5, 0.6) is 0 Å². The summed E-state index contributed by atoms with van der Waals surface area (Å²) < 4.78 is 4.41. The lowest BCUT2D eigenvalue weighted by molar-refractivity contribution is -0.0463. The molecule has 4 N–H and O–H groups in total. The van der Waals surface area contributed by atoms with Gasteiger partial charge in [-0.1, -0.05) is 13.3 Å². The average molecular weight is 260 g/mol. The Labute approximate surface area is 103 Å². The fourth-order valence-corrected chi connectivity index (χ4v) is 1.03. The molecular formula is C11H16O7. The summed E-state index contributed by atoms with van der Waals surface area (Å²) in [6.45, 7) is 2.02. The lowest BCUT2D eigenvalue weighted by Gasteiger charge is -1.97. The van der Waals surface area contributed by atoms with Gasteiger partial charge in [-0.3, -0.25) is 0 Å². The highest BCUT2D eigenvalue weighted by molar-refractivity contribution is 5.99. The summed E-state index contributed by atoms with van der Waals surface area (Å²) >= 11 is 0. The SMILES string of the molecule is CCCCC(O)O.O=C(O)c1ccoc1C(=O)O. The molecule has 0 aliphatic rings. The zero-order valence-corrected chi connectivity index (χ0v) is 9.87. The zero-order valence-electron chi connectivity index (χ0n) is 9.87. The number of carboxylic acid groups (broad SMARTS) is 2. The Kier molecular flexibility index (Phi) is 7.41. The number of aliphatic hydroxyl groups is 2. The molecule has 0 aliphatic heterocycles. The highest BCUT2D eigenvalue weighted by atomic mass is 16.5. The third kappa shape index (κ3) is 6.02. The Morgan fingerprint density at radius 3 is 2.17 bits per heavy atom. The van der Waals surface area contributed by atoms with Gasteiger partial charge in [-0.2, -0.15) is 0 Å². The summed E-state index contributed by atoms with van der Waals surface area (Å²) in [4.78, 5) is 20.5. The fourth-order valence-electron chi connectivity index (χ4n) is 1.03. The van der Waals surface area contributed by atoms with Crippen LogP contribution in [0.3, 0.4) is 0 Å². The Hall–Kier alpha value is -1.86. The number of hydrogen-bond donors (Lipinski definition) is 4. The zero-order chi connectivity index (χ0) is 14.1. The Balaban J connectivity index is 0.000000360. The van der Waals surface area contributed by atoms with Crippen LogP contribution < -0.4 is 0 Å². The van der Waals surface area contributed by atoms with Crippen molar-refractivity contribution in [2.24, 2.45) is 0 Å². The van der Waals surface area contributed by atoms with E-state index in [4.69, 9.17) is 20.4 Å². The van der Waals surface area contributed by atoms with Crippen molar-refractivity contribution in [3.8, 4) is 0 Å². The van der Waals surface area contributed by atoms with E-state index in [0.29, 0.717) is 6.42 Å². The van der Waals surface area contributed by atoms with Gasteiger partial charge in [0.05, 0.1) is 6.26 Å². The van der Waals surface area contributed by atoms with Gasteiger partial charge >= 0.3 is 11.9 Å². The number of aromatic carboxylic acids is 2. The van der Waals surface area contributed by atoms with Gasteiger partial charge < -0.3 is 24.8 Å². The molecule has 0 atom stereocenters. The summed E-state index contributed by atoms with van der Waals surface area (Å²) in [7, 11) is 0. The monoisotopic (exact) mass is 260 g/mol. The molecule has 7 nitrogen and oxygen atoms in total. The second kappa shape index (κ2) is 8.26. The third-order valence-electron chi connectivity index (χ3n) is 1.91. The van der Waals surface area contributed by atoms with E-state index in [1.165, 1.54) is 0 Å². The number of unbranched alkanes of at least 4 members (excludes halogenated alkanes) is 1. The molecule has 0 radical (unpaired) electrons. The molecule has 0 amide bonds. The second-order valence-electron chi connectivity index (χ2n) is 3.40. The second-order valence-corrected chi connectivity index (χ2v) is 3.40. The number of carboxylic acids is 2. The molecule has 102 valence electrons. The van der Waals surface area contributed by atoms with Crippen LogP contribution in [0.2, 0.25) is 0 Å². The summed E-state index contributed by atoms with van der Waals surface area (Å²) in [5.74, 6) is -3.24. The first-order valence-electron chi connectivity index (χ1n) is 5.30. The van der Waals surface area contributed by atoms with E-state index in [0.717, 1.165) is 25.2 Å². The van der Waals surface area contributed by atoms with Gasteiger partial charge in [-0.25, -0.2) is 9.59 Å². The molecule has 7 heteroatoms. The van der Waals surface area contributed by atoms with Crippen molar-refractivity contribution in [2.45, 2.75) is 32.5 Å². The number of rotatable bonds is 5. The number of hydrogen-bond acceptors (Lipinski definition) is 5. The maximum Gasteiger partial charge on any atom is 0.372 e. The molecule has 0 saturated heterocycles. The van der Waals surface area contributed by atoms with Crippen molar-refractivity contribution in [1.29, 1.82) is 0 Å². The molecule has 0 bridgehead atoms. The van der Waals surface area contributed by atoms with E-state index in [9.17, 15) is 9.59 Å². The lowest BCUT2D eigenvalue weighted by Crippen LogP contribution is -2.03. The summed E-state index contributed by atoms with van der Waals surface area (Å²) in [5.41, 5.74) is -0.336. The van der Waals surface area contributed by atoms with E-state index in [-0.39, 0.29) is 5.56 Å². The number of aliphatic hydroxyl groups excluding tert-OH is 1. The minimum atomic E-state index is -1.38. The van der Waals surface area contributed by atoms with Crippen molar-refractivity contribution < 1.29 is 34.4 Å². The van der Waals surface area contributed by atoms with Crippen LogP contribution in [0.1, 0.15) is 47.1 Å². The van der Waals surface area contributed by atoms with Crippen molar-refractivity contribution in [2.75, 3.05) is 0 Å². The van der Waals surface area contributed by atoms with Gasteiger partial charge in [0, 0.05) is 0 Å². The lowest BCUT2D eigenvalue weighted by atomic mass is 10.2. The first-order valence-corrected chi connectivity index (χ1v) is 5.30. The Bertz CT molecular complexity index is 352. The van der Waals surface area contributed by atoms with E-state index < -0.39 is 24.0 Å². The van der Waals surface area contributed by atoms with Crippen LogP contribution >= 0.6 is 0 Å². The van der Waals surface area contributed by atoms with Crippen LogP contribution in [0.25, 0.3) is 0 Å². The van der Waals surface area contributed by atoms with Gasteiger partial charge in [0.25, 0.3) is 0 Å². The molecule has 1 aromatic heterocycles. The van der Waals surface area contributed by atoms with E-state index >= 15 is 0 Å². The van der Waals surface area contributed by atoms with Gasteiger partial charge in [0.1, 0.15) is 5.56 Å². The topological polar surface area (TPSA) is 128 Å². The maximum atomic E-state index is 10.3. The summed E-state index contributed by atoms with van der Waals surface area (Å²) in [6.07, 6.45) is 2.36. The van der Waals surface area contributed by atoms with Crippen LogP contribution in [-0.2, 0) is 0 Å². The van der Waals surface area contributed by atoms with Crippen molar-refractivity contribution in [1.82, 2.24) is 0 Å². The molecule has 0 saturated carbocycles. The highest BCUT2D eigenvalue weighted by Crippen LogP contribution is 2.09. The van der Waals surface area contributed by atoms with Gasteiger partial charge in [-0.05, 0) is 18.9 Å². The predicted molar refractivity (Wildman–Crippen MR) is 60.4 cm³/mol. The molecule has 0 unspecified atom stereocenters. The molecule has 18 heavy (non-hydrogen) atoms. The Morgan fingerprint density at radius 1 is 1.28 bits per heavy atom. The van der Waals surface area contributed by atoms with Gasteiger partial charge in [0.2, 0.25) is 5.76 Å². The fraction of sp³-hybridized carbons (Fsp3) is 0.455. The molecular weight excluding hydrogens is 244 g/mol. The van der Waals surface area contributed by atoms with Crippen LogP contribution in [0.15, 0.2) is 16.7 Å². The third-order valence-corrected chi connectivity index (χ3v) is 1.91. The standard InChI is InChI=1S/C6H4O5.C5H12O2/c7-5(8)3-1-2-11-4(3)6(9)10;1-2-3-4-5(6)7/h1-2H,(H,7,8)(H,9,10);5-7H,2-4H2,1H3. The van der Waals surface area contributed by atoms with Gasteiger partial charge in [0.15, 0.2) is 6.29 Å². The molecule has 1 aromatic rings. The van der Waals surface area contributed by atoms with Crippen molar-refractivity contribution >= 4 is 11.9 Å². The molecule has 0 fully saturated rings. The minimum absolute atomic E-state index is 0.336. The average Bonchev–Trinajstić information content (AvgIpc) is 2.76. The van der Waals surface area contributed by atoms with E-state index in [2.05, 4.69) is 4.42 Å². The molecule has 1 rings (SSSR count). The predicted octanol–water partition coefficient (Wildman–Crippen LogP) is 1.16. The quantitative estimate of drug-likeness (QED) is 0.585. The van der Waals surface area contributed by atoms with Crippen LogP contribution in [0, 0.1) is 0 Å². The smallest absolute Gasteiger partial charge is 0.372 e. The number of furan rings is 1. The van der Waals surface area contributed by atoms with E-state index in [1.807, 2.05) is 6.92 Å².